The quantitative estimate of drug-likeness (QED) is 0.238. The highest BCUT2D eigenvalue weighted by molar-refractivity contribution is 6.10. The largest absolute Gasteiger partial charge is 0.481 e. The first-order valence-electron chi connectivity index (χ1n) is 17.5. The van der Waals surface area contributed by atoms with Crippen LogP contribution in [0, 0.1) is 17.3 Å². The molecule has 5 rings (SSSR count). The van der Waals surface area contributed by atoms with Crippen molar-refractivity contribution < 1.29 is 42.9 Å². The van der Waals surface area contributed by atoms with Crippen LogP contribution >= 0.6 is 0 Å². The van der Waals surface area contributed by atoms with Crippen LogP contribution in [0.5, 0.6) is 0 Å². The lowest BCUT2D eigenvalue weighted by molar-refractivity contribution is -0.139. The maximum Gasteiger partial charge on any atom is 0.425 e. The number of amides is 3. The fraction of sp³-hybridized carbons (Fsp3) is 0.568. The fourth-order valence-corrected chi connectivity index (χ4v) is 6.49. The molecule has 16 nitrogen and oxygen atoms in total. The summed E-state index contributed by atoms with van der Waals surface area (Å²) >= 11 is 0. The molecule has 16 heteroatoms. The summed E-state index contributed by atoms with van der Waals surface area (Å²) in [7, 11) is 1.65. The number of anilines is 2. The smallest absolute Gasteiger partial charge is 0.425 e. The van der Waals surface area contributed by atoms with Crippen molar-refractivity contribution in [3.05, 3.63) is 36.0 Å². The molecule has 1 unspecified atom stereocenters. The van der Waals surface area contributed by atoms with Gasteiger partial charge in [0.1, 0.15) is 22.6 Å². The van der Waals surface area contributed by atoms with Crippen molar-refractivity contribution in [1.29, 1.82) is 0 Å². The molecular weight excluding hydrogens is 686 g/mol. The number of aliphatic carboxylic acids is 1. The number of imide groups is 1. The monoisotopic (exact) mass is 735 g/mol. The number of ether oxygens (including phenoxy) is 3. The van der Waals surface area contributed by atoms with E-state index in [4.69, 9.17) is 23.6 Å². The van der Waals surface area contributed by atoms with Crippen LogP contribution in [-0.2, 0) is 25.5 Å². The average Bonchev–Trinajstić information content (AvgIpc) is 3.30. The van der Waals surface area contributed by atoms with Gasteiger partial charge in [-0.1, -0.05) is 19.1 Å². The van der Waals surface area contributed by atoms with Crippen molar-refractivity contribution in [2.45, 2.75) is 99.0 Å². The molecule has 3 atom stereocenters. The molecule has 0 bridgehead atoms. The summed E-state index contributed by atoms with van der Waals surface area (Å²) in [4.78, 5) is 65.1. The Morgan fingerprint density at radius 2 is 1.43 bits per heavy atom. The van der Waals surface area contributed by atoms with Gasteiger partial charge in [-0.25, -0.2) is 24.4 Å². The molecule has 1 saturated heterocycles. The van der Waals surface area contributed by atoms with Gasteiger partial charge in [-0.05, 0) is 92.3 Å². The van der Waals surface area contributed by atoms with E-state index < -0.39 is 52.4 Å². The molecule has 53 heavy (non-hydrogen) atoms. The predicted octanol–water partition coefficient (Wildman–Crippen LogP) is 6.78. The molecule has 3 heterocycles. The van der Waals surface area contributed by atoms with Crippen molar-refractivity contribution in [2.75, 3.05) is 29.9 Å². The van der Waals surface area contributed by atoms with E-state index in [0.29, 0.717) is 42.3 Å². The Labute approximate surface area is 308 Å². The lowest BCUT2D eigenvalue weighted by atomic mass is 10.00. The molecule has 3 aromatic rings. The summed E-state index contributed by atoms with van der Waals surface area (Å²) in [6, 6.07) is 7.13. The second-order valence-electron chi connectivity index (χ2n) is 16.5. The van der Waals surface area contributed by atoms with E-state index in [1.54, 1.807) is 81.5 Å². The van der Waals surface area contributed by atoms with E-state index >= 15 is 0 Å². The molecule has 1 saturated carbocycles. The number of benzene rings is 1. The van der Waals surface area contributed by atoms with Gasteiger partial charge in [0.05, 0.1) is 12.1 Å². The number of carbonyl (C=O) groups excluding carboxylic acids is 3. The number of nitrogens with zero attached hydrogens (tertiary/aromatic N) is 7. The number of hydrogen-bond donors (Lipinski definition) is 1. The van der Waals surface area contributed by atoms with Crippen molar-refractivity contribution >= 4 is 35.9 Å². The number of carboxylic acid groups (broad SMARTS) is 1. The summed E-state index contributed by atoms with van der Waals surface area (Å²) in [5.74, 6) is -1.23. The van der Waals surface area contributed by atoms with Crippen LogP contribution < -0.4 is 9.80 Å². The molecule has 1 aliphatic heterocycles. The minimum absolute atomic E-state index is 0.0585. The third-order valence-corrected chi connectivity index (χ3v) is 8.86. The van der Waals surface area contributed by atoms with Crippen LogP contribution in [0.3, 0.4) is 0 Å². The standard InChI is InChI=1S/C37H49N7O9/c1-12-37-20-43(19-23(37)25(37)30(45)46)24-17-38-27(44(32(48)52-35(5,6)7)33(49)53-36(8,9)10)26(39-24)29-41-40-28(50-29)22-15-13-21(14-16-22)18-42(11)31(47)51-34(2,3)4/h13-17,23,25H,12,18-20H2,1-11H3,(H,45,46)/t23-,25?,37+/m0/s1. The number of carbonyl (C=O) groups is 4. The first-order valence-corrected chi connectivity index (χ1v) is 17.5. The van der Waals surface area contributed by atoms with Gasteiger partial charge >= 0.3 is 24.2 Å². The van der Waals surface area contributed by atoms with E-state index in [1.165, 1.54) is 11.1 Å². The van der Waals surface area contributed by atoms with E-state index in [0.717, 1.165) is 5.56 Å². The van der Waals surface area contributed by atoms with Gasteiger partial charge in [0, 0.05) is 37.7 Å². The molecule has 1 aliphatic carbocycles. The Hall–Kier alpha value is -5.28. The van der Waals surface area contributed by atoms with Crippen LogP contribution in [0.15, 0.2) is 34.9 Å². The third kappa shape index (κ3) is 8.69. The Bertz CT molecular complexity index is 1850. The van der Waals surface area contributed by atoms with Gasteiger partial charge in [0.15, 0.2) is 11.5 Å². The van der Waals surface area contributed by atoms with Crippen LogP contribution in [0.4, 0.5) is 26.0 Å². The number of aromatic nitrogens is 4. The highest BCUT2D eigenvalue weighted by Gasteiger charge is 2.71. The molecule has 0 spiro atoms. The van der Waals surface area contributed by atoms with Crippen LogP contribution in [0.2, 0.25) is 0 Å². The first-order chi connectivity index (χ1) is 24.5. The molecule has 286 valence electrons. The van der Waals surface area contributed by atoms with Crippen molar-refractivity contribution in [3.63, 3.8) is 0 Å². The van der Waals surface area contributed by atoms with Crippen molar-refractivity contribution in [3.8, 4) is 23.0 Å². The summed E-state index contributed by atoms with van der Waals surface area (Å²) in [5.41, 5.74) is -1.69. The number of piperidine rings is 1. The fourth-order valence-electron chi connectivity index (χ4n) is 6.49. The minimum Gasteiger partial charge on any atom is -0.481 e. The zero-order valence-corrected chi connectivity index (χ0v) is 32.2. The molecule has 3 amide bonds. The molecular formula is C37H49N7O9. The van der Waals surface area contributed by atoms with E-state index in [2.05, 4.69) is 15.2 Å². The number of fused-ring (bicyclic) bond motifs is 1. The van der Waals surface area contributed by atoms with Crippen LogP contribution in [0.1, 0.15) is 81.2 Å². The lowest BCUT2D eigenvalue weighted by Gasteiger charge is -2.29. The molecule has 2 aromatic heterocycles. The summed E-state index contributed by atoms with van der Waals surface area (Å²) in [5, 5.41) is 18.3. The van der Waals surface area contributed by atoms with Gasteiger partial charge in [-0.15, -0.1) is 10.2 Å². The van der Waals surface area contributed by atoms with E-state index in [9.17, 15) is 24.3 Å². The third-order valence-electron chi connectivity index (χ3n) is 8.86. The number of rotatable bonds is 8. The Morgan fingerprint density at radius 1 is 0.887 bits per heavy atom. The zero-order valence-electron chi connectivity index (χ0n) is 32.2. The summed E-state index contributed by atoms with van der Waals surface area (Å²) in [6.45, 7) is 18.5. The van der Waals surface area contributed by atoms with Gasteiger partial charge in [-0.2, -0.15) is 4.90 Å². The van der Waals surface area contributed by atoms with Crippen molar-refractivity contribution in [1.82, 2.24) is 25.1 Å². The van der Waals surface area contributed by atoms with Gasteiger partial charge in [0.25, 0.3) is 5.89 Å². The van der Waals surface area contributed by atoms with Crippen LogP contribution in [0.25, 0.3) is 23.0 Å². The summed E-state index contributed by atoms with van der Waals surface area (Å²) in [6.07, 6.45) is -0.477. The SMILES string of the molecule is CC[C@@]12CN(c3cnc(N(C(=O)OC(C)(C)C)C(=O)OC(C)(C)C)c(-c4nnc(-c5ccc(CN(C)C(=O)OC(C)(C)C)cc5)o4)n3)C[C@H]1C2C(=O)O. The van der Waals surface area contributed by atoms with Gasteiger partial charge in [-0.3, -0.25) is 4.79 Å². The second-order valence-corrected chi connectivity index (χ2v) is 16.5. The maximum absolute atomic E-state index is 13.7. The topological polar surface area (TPSA) is 191 Å². The Balaban J connectivity index is 1.51. The first kappa shape index (κ1) is 38.9. The molecule has 1 aromatic carbocycles. The average molecular weight is 736 g/mol. The Morgan fingerprint density at radius 3 is 1.94 bits per heavy atom. The van der Waals surface area contributed by atoms with Gasteiger partial charge < -0.3 is 33.5 Å². The maximum atomic E-state index is 13.7. The number of hydrogen-bond acceptors (Lipinski definition) is 13. The summed E-state index contributed by atoms with van der Waals surface area (Å²) < 4.78 is 22.8. The molecule has 2 aliphatic rings. The Kier molecular flexibility index (Phi) is 10.2. The normalized spacial score (nSPS) is 19.6. The highest BCUT2D eigenvalue weighted by atomic mass is 16.6. The number of carboxylic acids is 1. The molecule has 2 fully saturated rings. The van der Waals surface area contributed by atoms with Crippen molar-refractivity contribution in [2.24, 2.45) is 17.3 Å². The molecule has 1 N–H and O–H groups in total. The lowest BCUT2D eigenvalue weighted by Crippen LogP contribution is -2.44. The van der Waals surface area contributed by atoms with E-state index in [1.807, 2.05) is 24.0 Å². The predicted molar refractivity (Wildman–Crippen MR) is 193 cm³/mol. The van der Waals surface area contributed by atoms with Gasteiger partial charge in [0.2, 0.25) is 5.89 Å². The zero-order chi connectivity index (χ0) is 39.3. The van der Waals surface area contributed by atoms with Crippen LogP contribution in [-0.4, -0.2) is 91.4 Å². The highest BCUT2D eigenvalue weighted by Crippen LogP contribution is 2.65. The minimum atomic E-state index is -1.06. The molecule has 0 radical (unpaired) electrons. The van der Waals surface area contributed by atoms with E-state index in [-0.39, 0.29) is 29.2 Å². The second kappa shape index (κ2) is 13.9.